The summed E-state index contributed by atoms with van der Waals surface area (Å²) in [6, 6.07) is 4.41. The van der Waals surface area contributed by atoms with Crippen molar-refractivity contribution < 1.29 is 19.2 Å². The molecule has 8 heteroatoms. The van der Waals surface area contributed by atoms with Crippen LogP contribution < -0.4 is 5.32 Å². The van der Waals surface area contributed by atoms with E-state index < -0.39 is 28.4 Å². The van der Waals surface area contributed by atoms with Crippen molar-refractivity contribution in [2.45, 2.75) is 6.10 Å². The highest BCUT2D eigenvalue weighted by Crippen LogP contribution is 2.20. The normalized spacial score (nSPS) is 11.9. The molecule has 2 N–H and O–H groups in total. The molecule has 0 fully saturated rings. The zero-order valence-electron chi connectivity index (χ0n) is 10.7. The molecule has 0 radical (unpaired) electrons. The van der Waals surface area contributed by atoms with Crippen molar-refractivity contribution in [1.29, 1.82) is 0 Å². The number of hydrogen-bond acceptors (Lipinski definition) is 5. The van der Waals surface area contributed by atoms with Gasteiger partial charge in [0.05, 0.1) is 17.1 Å². The van der Waals surface area contributed by atoms with Crippen molar-refractivity contribution >= 4 is 22.9 Å². The molecule has 1 heterocycles. The van der Waals surface area contributed by atoms with Crippen LogP contribution in [-0.2, 0) is 0 Å². The van der Waals surface area contributed by atoms with Crippen molar-refractivity contribution in [2.75, 3.05) is 6.54 Å². The summed E-state index contributed by atoms with van der Waals surface area (Å²) in [5.74, 6) is -1.53. The Morgan fingerprint density at radius 3 is 2.86 bits per heavy atom. The fourth-order valence-corrected chi connectivity index (χ4v) is 2.42. The number of halogens is 1. The first-order valence-corrected chi connectivity index (χ1v) is 6.85. The number of carbonyl (C=O) groups excluding carboxylic acids is 1. The lowest BCUT2D eigenvalue weighted by atomic mass is 10.1. The fourth-order valence-electron chi connectivity index (χ4n) is 1.71. The van der Waals surface area contributed by atoms with Crippen molar-refractivity contribution in [1.82, 2.24) is 5.32 Å². The monoisotopic (exact) mass is 310 g/mol. The van der Waals surface area contributed by atoms with Crippen molar-refractivity contribution in [3.8, 4) is 0 Å². The zero-order valence-corrected chi connectivity index (χ0v) is 11.5. The Labute approximate surface area is 123 Å². The summed E-state index contributed by atoms with van der Waals surface area (Å²) in [7, 11) is 0. The van der Waals surface area contributed by atoms with Crippen LogP contribution in [0.5, 0.6) is 0 Å². The third-order valence-electron chi connectivity index (χ3n) is 2.79. The molecule has 2 rings (SSSR count). The summed E-state index contributed by atoms with van der Waals surface area (Å²) in [5.41, 5.74) is -0.217. The number of thiophene rings is 1. The number of aliphatic hydroxyl groups excluding tert-OH is 1. The molecular weight excluding hydrogens is 299 g/mol. The average molecular weight is 310 g/mol. The van der Waals surface area contributed by atoms with Gasteiger partial charge < -0.3 is 10.4 Å². The van der Waals surface area contributed by atoms with Gasteiger partial charge in [-0.25, -0.2) is 4.39 Å². The molecule has 6 nitrogen and oxygen atoms in total. The minimum absolute atomic E-state index is 0.0932. The maximum Gasteiger partial charge on any atom is 0.285 e. The molecule has 2 aromatic rings. The van der Waals surface area contributed by atoms with Gasteiger partial charge in [-0.2, -0.15) is 11.3 Å². The number of aliphatic hydroxyl groups is 1. The topological polar surface area (TPSA) is 92.5 Å². The predicted molar refractivity (Wildman–Crippen MR) is 74.7 cm³/mol. The lowest BCUT2D eigenvalue weighted by Gasteiger charge is -2.10. The van der Waals surface area contributed by atoms with Gasteiger partial charge in [-0.1, -0.05) is 0 Å². The summed E-state index contributed by atoms with van der Waals surface area (Å²) < 4.78 is 13.0. The number of benzene rings is 1. The van der Waals surface area contributed by atoms with Crippen LogP contribution in [0.25, 0.3) is 0 Å². The van der Waals surface area contributed by atoms with E-state index in [1.807, 2.05) is 0 Å². The smallest absolute Gasteiger partial charge is 0.285 e. The first-order valence-electron chi connectivity index (χ1n) is 5.91. The standard InChI is InChI=1S/C13H11FN2O4S/c14-9-1-2-10(11(5-9)16(19)20)13(18)15-6-12(17)8-3-4-21-7-8/h1-5,7,12,17H,6H2,(H,15,18). The molecule has 110 valence electrons. The van der Waals surface area contributed by atoms with E-state index in [1.54, 1.807) is 16.8 Å². The molecule has 0 bridgehead atoms. The van der Waals surface area contributed by atoms with E-state index in [9.17, 15) is 24.4 Å². The molecule has 0 saturated carbocycles. The van der Waals surface area contributed by atoms with E-state index in [0.717, 1.165) is 12.1 Å². The van der Waals surface area contributed by atoms with Gasteiger partial charge >= 0.3 is 0 Å². The Hall–Kier alpha value is -2.32. The SMILES string of the molecule is O=C(NCC(O)c1ccsc1)c1ccc(F)cc1[N+](=O)[O-]. The Bertz CT molecular complexity index is 660. The number of carbonyl (C=O) groups is 1. The maximum absolute atomic E-state index is 13.0. The third kappa shape index (κ3) is 3.61. The molecule has 0 saturated heterocycles. The van der Waals surface area contributed by atoms with Gasteiger partial charge in [-0.15, -0.1) is 0 Å². The van der Waals surface area contributed by atoms with E-state index in [-0.39, 0.29) is 12.1 Å². The summed E-state index contributed by atoms with van der Waals surface area (Å²) in [5, 5.41) is 26.5. The number of rotatable bonds is 5. The number of nitro groups is 1. The molecule has 0 spiro atoms. The van der Waals surface area contributed by atoms with Crippen LogP contribution >= 0.6 is 11.3 Å². The molecule has 0 aliphatic rings. The summed E-state index contributed by atoms with van der Waals surface area (Å²) in [6.07, 6.45) is -0.903. The second-order valence-electron chi connectivity index (χ2n) is 4.20. The van der Waals surface area contributed by atoms with Gasteiger partial charge in [0.15, 0.2) is 0 Å². The Kier molecular flexibility index (Phi) is 4.61. The molecule has 1 atom stereocenters. The van der Waals surface area contributed by atoms with Crippen LogP contribution in [0.2, 0.25) is 0 Å². The molecule has 0 aliphatic carbocycles. The van der Waals surface area contributed by atoms with Gasteiger partial charge in [0.2, 0.25) is 0 Å². The molecular formula is C13H11FN2O4S. The minimum Gasteiger partial charge on any atom is -0.387 e. The summed E-state index contributed by atoms with van der Waals surface area (Å²) in [6.45, 7) is -0.0932. The molecule has 1 amide bonds. The molecule has 1 unspecified atom stereocenters. The van der Waals surface area contributed by atoms with Crippen LogP contribution in [0.15, 0.2) is 35.0 Å². The minimum atomic E-state index is -0.903. The first kappa shape index (κ1) is 15.1. The van der Waals surface area contributed by atoms with Crippen LogP contribution in [0.3, 0.4) is 0 Å². The number of nitrogens with one attached hydrogen (secondary N) is 1. The lowest BCUT2D eigenvalue weighted by Crippen LogP contribution is -2.28. The van der Waals surface area contributed by atoms with Gasteiger partial charge in [-0.05, 0) is 34.5 Å². The Morgan fingerprint density at radius 1 is 1.48 bits per heavy atom. The van der Waals surface area contributed by atoms with Crippen LogP contribution in [0.4, 0.5) is 10.1 Å². The molecule has 0 aliphatic heterocycles. The van der Waals surface area contributed by atoms with Crippen molar-refractivity contribution in [2.24, 2.45) is 0 Å². The summed E-state index contributed by atoms with van der Waals surface area (Å²) >= 11 is 1.40. The Morgan fingerprint density at radius 2 is 2.24 bits per heavy atom. The van der Waals surface area contributed by atoms with E-state index in [1.165, 1.54) is 11.3 Å². The molecule has 1 aromatic carbocycles. The number of nitro benzene ring substituents is 1. The van der Waals surface area contributed by atoms with Gasteiger partial charge in [0.25, 0.3) is 11.6 Å². The van der Waals surface area contributed by atoms with E-state index in [4.69, 9.17) is 0 Å². The van der Waals surface area contributed by atoms with E-state index in [0.29, 0.717) is 11.6 Å². The highest BCUT2D eigenvalue weighted by atomic mass is 32.1. The predicted octanol–water partition coefficient (Wildman–Crippen LogP) is 2.26. The number of nitrogens with zero attached hydrogens (tertiary/aromatic N) is 1. The maximum atomic E-state index is 13.0. The quantitative estimate of drug-likeness (QED) is 0.654. The largest absolute Gasteiger partial charge is 0.387 e. The van der Waals surface area contributed by atoms with E-state index >= 15 is 0 Å². The highest BCUT2D eigenvalue weighted by Gasteiger charge is 2.21. The van der Waals surface area contributed by atoms with Crippen LogP contribution in [-0.4, -0.2) is 22.5 Å². The number of hydrogen-bond donors (Lipinski definition) is 2. The first-order chi connectivity index (χ1) is 9.99. The van der Waals surface area contributed by atoms with Crippen molar-refractivity contribution in [3.63, 3.8) is 0 Å². The van der Waals surface area contributed by atoms with Crippen molar-refractivity contribution in [3.05, 3.63) is 62.1 Å². The average Bonchev–Trinajstić information content (AvgIpc) is 2.98. The van der Waals surface area contributed by atoms with Gasteiger partial charge in [0.1, 0.15) is 11.4 Å². The lowest BCUT2D eigenvalue weighted by molar-refractivity contribution is -0.385. The summed E-state index contributed by atoms with van der Waals surface area (Å²) in [4.78, 5) is 21.9. The van der Waals surface area contributed by atoms with Crippen LogP contribution in [0.1, 0.15) is 22.0 Å². The third-order valence-corrected chi connectivity index (χ3v) is 3.49. The van der Waals surface area contributed by atoms with Gasteiger partial charge in [-0.3, -0.25) is 14.9 Å². The van der Waals surface area contributed by atoms with E-state index in [2.05, 4.69) is 5.32 Å². The molecule has 21 heavy (non-hydrogen) atoms. The highest BCUT2D eigenvalue weighted by molar-refractivity contribution is 7.07. The molecule has 1 aromatic heterocycles. The zero-order chi connectivity index (χ0) is 15.4. The Balaban J connectivity index is 2.09. The number of amides is 1. The second-order valence-corrected chi connectivity index (χ2v) is 4.98. The fraction of sp³-hybridized carbons (Fsp3) is 0.154. The second kappa shape index (κ2) is 6.42. The van der Waals surface area contributed by atoms with Gasteiger partial charge in [0, 0.05) is 6.54 Å². The van der Waals surface area contributed by atoms with Crippen LogP contribution in [0, 0.1) is 15.9 Å².